The number of nitrogens with one attached hydrogen (secondary N) is 1. The molecule has 4 rings (SSSR count). The van der Waals surface area contributed by atoms with Crippen molar-refractivity contribution in [3.63, 3.8) is 0 Å². The summed E-state index contributed by atoms with van der Waals surface area (Å²) >= 11 is 0. The van der Waals surface area contributed by atoms with E-state index in [0.717, 1.165) is 6.07 Å². The van der Waals surface area contributed by atoms with Crippen LogP contribution in [0.2, 0.25) is 0 Å². The zero-order valence-corrected chi connectivity index (χ0v) is 15.9. The lowest BCUT2D eigenvalue weighted by Crippen LogP contribution is -2.31. The molecule has 0 saturated carbocycles. The number of benzene rings is 3. The number of rotatable bonds is 4. The highest BCUT2D eigenvalue weighted by molar-refractivity contribution is 6.04. The second kappa shape index (κ2) is 8.32. The van der Waals surface area contributed by atoms with Crippen LogP contribution < -0.4 is 10.1 Å². The SMILES string of the molecule is O=C(Nc1ccc2c(c1)CN(Cc1cc(F)cc(F)c1)C(=O)CO2)c1ccccc1. The van der Waals surface area contributed by atoms with Gasteiger partial charge in [-0.15, -0.1) is 0 Å². The van der Waals surface area contributed by atoms with Gasteiger partial charge in [-0.05, 0) is 48.0 Å². The van der Waals surface area contributed by atoms with Gasteiger partial charge >= 0.3 is 0 Å². The number of carbonyl (C=O) groups excluding carboxylic acids is 2. The van der Waals surface area contributed by atoms with E-state index in [1.807, 2.05) is 6.07 Å². The molecule has 7 heteroatoms. The van der Waals surface area contributed by atoms with Gasteiger partial charge in [0, 0.05) is 36.0 Å². The molecule has 3 aromatic rings. The summed E-state index contributed by atoms with van der Waals surface area (Å²) in [5, 5.41) is 2.82. The largest absolute Gasteiger partial charge is 0.483 e. The Labute approximate surface area is 171 Å². The van der Waals surface area contributed by atoms with Crippen LogP contribution in [-0.4, -0.2) is 23.3 Å². The molecule has 30 heavy (non-hydrogen) atoms. The number of amides is 2. The van der Waals surface area contributed by atoms with Crippen LogP contribution in [0, 0.1) is 11.6 Å². The molecule has 1 aliphatic rings. The maximum Gasteiger partial charge on any atom is 0.261 e. The predicted octanol–water partition coefficient (Wildman–Crippen LogP) is 4.14. The van der Waals surface area contributed by atoms with E-state index in [0.29, 0.717) is 28.1 Å². The van der Waals surface area contributed by atoms with Crippen LogP contribution in [0.25, 0.3) is 0 Å². The number of nitrogens with zero attached hydrogens (tertiary/aromatic N) is 1. The van der Waals surface area contributed by atoms with Gasteiger partial charge in [-0.2, -0.15) is 0 Å². The van der Waals surface area contributed by atoms with Crippen molar-refractivity contribution in [1.29, 1.82) is 0 Å². The zero-order chi connectivity index (χ0) is 21.1. The Hall–Kier alpha value is -3.74. The molecule has 0 atom stereocenters. The predicted molar refractivity (Wildman–Crippen MR) is 107 cm³/mol. The molecule has 0 spiro atoms. The summed E-state index contributed by atoms with van der Waals surface area (Å²) < 4.78 is 32.6. The maximum absolute atomic E-state index is 13.5. The summed E-state index contributed by atoms with van der Waals surface area (Å²) in [5.74, 6) is -1.43. The number of hydrogen-bond donors (Lipinski definition) is 1. The minimum absolute atomic E-state index is 0.0386. The second-order valence-electron chi connectivity index (χ2n) is 6.96. The Morgan fingerprint density at radius 2 is 1.73 bits per heavy atom. The van der Waals surface area contributed by atoms with Crippen LogP contribution in [0.4, 0.5) is 14.5 Å². The topological polar surface area (TPSA) is 58.6 Å². The molecule has 3 aromatic carbocycles. The number of fused-ring (bicyclic) bond motifs is 1. The van der Waals surface area contributed by atoms with Gasteiger partial charge in [-0.1, -0.05) is 18.2 Å². The minimum Gasteiger partial charge on any atom is -0.483 e. The summed E-state index contributed by atoms with van der Waals surface area (Å²) in [7, 11) is 0. The number of anilines is 1. The summed E-state index contributed by atoms with van der Waals surface area (Å²) in [5.41, 5.74) is 2.10. The van der Waals surface area contributed by atoms with Crippen LogP contribution in [0.15, 0.2) is 66.7 Å². The number of halogens is 2. The Morgan fingerprint density at radius 1 is 1.00 bits per heavy atom. The molecule has 0 aromatic heterocycles. The summed E-state index contributed by atoms with van der Waals surface area (Å²) in [6.45, 7) is 0.0405. The van der Waals surface area contributed by atoms with Crippen molar-refractivity contribution in [3.8, 4) is 5.75 Å². The highest BCUT2D eigenvalue weighted by Crippen LogP contribution is 2.28. The third kappa shape index (κ3) is 4.46. The monoisotopic (exact) mass is 408 g/mol. The van der Waals surface area contributed by atoms with Crippen molar-refractivity contribution in [2.45, 2.75) is 13.1 Å². The molecule has 1 N–H and O–H groups in total. The molecule has 0 unspecified atom stereocenters. The van der Waals surface area contributed by atoms with Crippen molar-refractivity contribution in [3.05, 3.63) is 95.1 Å². The average molecular weight is 408 g/mol. The van der Waals surface area contributed by atoms with E-state index < -0.39 is 11.6 Å². The number of hydrogen-bond acceptors (Lipinski definition) is 3. The van der Waals surface area contributed by atoms with Gasteiger partial charge in [0.1, 0.15) is 17.4 Å². The third-order valence-electron chi connectivity index (χ3n) is 4.72. The van der Waals surface area contributed by atoms with Crippen molar-refractivity contribution in [1.82, 2.24) is 4.90 Å². The Morgan fingerprint density at radius 3 is 2.47 bits per heavy atom. The average Bonchev–Trinajstić information content (AvgIpc) is 2.86. The molecule has 1 aliphatic heterocycles. The lowest BCUT2D eigenvalue weighted by Gasteiger charge is -2.20. The van der Waals surface area contributed by atoms with Crippen LogP contribution in [-0.2, 0) is 17.9 Å². The third-order valence-corrected chi connectivity index (χ3v) is 4.72. The van der Waals surface area contributed by atoms with E-state index in [1.54, 1.807) is 42.5 Å². The molecular weight excluding hydrogens is 390 g/mol. The molecule has 0 radical (unpaired) electrons. The summed E-state index contributed by atoms with van der Waals surface area (Å²) in [6, 6.07) is 17.1. The smallest absolute Gasteiger partial charge is 0.261 e. The lowest BCUT2D eigenvalue weighted by molar-refractivity contribution is -0.133. The highest BCUT2D eigenvalue weighted by Gasteiger charge is 2.22. The Kier molecular flexibility index (Phi) is 5.43. The van der Waals surface area contributed by atoms with Gasteiger partial charge in [0.05, 0.1) is 0 Å². The fourth-order valence-electron chi connectivity index (χ4n) is 3.31. The van der Waals surface area contributed by atoms with E-state index >= 15 is 0 Å². The minimum atomic E-state index is -0.699. The fourth-order valence-corrected chi connectivity index (χ4v) is 3.31. The molecule has 1 heterocycles. The van der Waals surface area contributed by atoms with E-state index in [1.165, 1.54) is 17.0 Å². The molecule has 0 bridgehead atoms. The van der Waals surface area contributed by atoms with Crippen molar-refractivity contribution in [2.75, 3.05) is 11.9 Å². The standard InChI is InChI=1S/C23H18F2N2O3/c24-18-8-15(9-19(25)11-18)12-27-13-17-10-20(6-7-21(17)30-14-22(27)28)26-23(29)16-4-2-1-3-5-16/h1-11H,12-14H2,(H,26,29). The first-order valence-corrected chi connectivity index (χ1v) is 9.33. The molecular formula is C23H18F2N2O3. The van der Waals surface area contributed by atoms with Crippen molar-refractivity contribution < 1.29 is 23.1 Å². The zero-order valence-electron chi connectivity index (χ0n) is 15.9. The molecule has 0 aliphatic carbocycles. The van der Waals surface area contributed by atoms with E-state index in [2.05, 4.69) is 5.32 Å². The number of ether oxygens (including phenoxy) is 1. The molecule has 5 nitrogen and oxygen atoms in total. The first-order chi connectivity index (χ1) is 14.5. The van der Waals surface area contributed by atoms with E-state index in [-0.39, 0.29) is 31.5 Å². The van der Waals surface area contributed by atoms with Gasteiger partial charge in [0.25, 0.3) is 11.8 Å². The Bertz CT molecular complexity index is 1080. The second-order valence-corrected chi connectivity index (χ2v) is 6.96. The van der Waals surface area contributed by atoms with Gasteiger partial charge in [-0.25, -0.2) is 8.78 Å². The molecule has 0 saturated heterocycles. The maximum atomic E-state index is 13.5. The highest BCUT2D eigenvalue weighted by atomic mass is 19.1. The number of carbonyl (C=O) groups is 2. The van der Waals surface area contributed by atoms with Crippen molar-refractivity contribution >= 4 is 17.5 Å². The van der Waals surface area contributed by atoms with Crippen LogP contribution in [0.3, 0.4) is 0 Å². The van der Waals surface area contributed by atoms with Gasteiger partial charge in [0.2, 0.25) is 0 Å². The molecule has 2 amide bonds. The fraction of sp³-hybridized carbons (Fsp3) is 0.130. The quantitative estimate of drug-likeness (QED) is 0.706. The lowest BCUT2D eigenvalue weighted by atomic mass is 10.1. The van der Waals surface area contributed by atoms with Gasteiger partial charge < -0.3 is 15.0 Å². The molecule has 0 fully saturated rings. The summed E-state index contributed by atoms with van der Waals surface area (Å²) in [4.78, 5) is 26.3. The normalized spacial score (nSPS) is 13.3. The summed E-state index contributed by atoms with van der Waals surface area (Å²) in [6.07, 6.45) is 0. The van der Waals surface area contributed by atoms with E-state index in [4.69, 9.17) is 4.74 Å². The van der Waals surface area contributed by atoms with Crippen LogP contribution in [0.5, 0.6) is 5.75 Å². The van der Waals surface area contributed by atoms with Gasteiger partial charge in [0.15, 0.2) is 6.61 Å². The van der Waals surface area contributed by atoms with Gasteiger partial charge in [-0.3, -0.25) is 9.59 Å². The van der Waals surface area contributed by atoms with E-state index in [9.17, 15) is 18.4 Å². The first-order valence-electron chi connectivity index (χ1n) is 9.33. The molecule has 152 valence electrons. The van der Waals surface area contributed by atoms with Crippen molar-refractivity contribution in [2.24, 2.45) is 0 Å². The first kappa shape index (κ1) is 19.6. The Balaban J connectivity index is 1.54. The van der Waals surface area contributed by atoms with Crippen LogP contribution >= 0.6 is 0 Å². The van der Waals surface area contributed by atoms with Crippen LogP contribution in [0.1, 0.15) is 21.5 Å².